The number of nitrogens with two attached hydrogens (primary N) is 1. The van der Waals surface area contributed by atoms with E-state index in [9.17, 15) is 13.2 Å². The number of carboxylic acid groups (broad SMARTS) is 1. The molecule has 1 atom stereocenters. The van der Waals surface area contributed by atoms with Crippen molar-refractivity contribution in [1.82, 2.24) is 9.71 Å². The van der Waals surface area contributed by atoms with Crippen molar-refractivity contribution in [3.8, 4) is 0 Å². The standard InChI is InChI=1S/C10H18N4O4S2/c1-10(2,14-20(3,17)18)5-12-9-13-6(4-19-9)7(11)8(15)16/h4,7,14H,5,11H2,1-3H3,(H,12,13)(H,15,16). The predicted octanol–water partition coefficient (Wildman–Crippen LogP) is -0.0328. The monoisotopic (exact) mass is 322 g/mol. The molecule has 0 bridgehead atoms. The molecule has 114 valence electrons. The molecule has 10 heteroatoms. The number of aromatic nitrogens is 1. The molecule has 1 aromatic heterocycles. The lowest BCUT2D eigenvalue weighted by atomic mass is 10.1. The molecule has 20 heavy (non-hydrogen) atoms. The summed E-state index contributed by atoms with van der Waals surface area (Å²) < 4.78 is 24.9. The second-order valence-electron chi connectivity index (χ2n) is 5.01. The van der Waals surface area contributed by atoms with Crippen LogP contribution in [0.1, 0.15) is 25.6 Å². The molecule has 0 aromatic carbocycles. The van der Waals surface area contributed by atoms with Gasteiger partial charge in [0.25, 0.3) is 0 Å². The molecule has 1 aromatic rings. The summed E-state index contributed by atoms with van der Waals surface area (Å²) >= 11 is 1.21. The number of hydrogen-bond donors (Lipinski definition) is 4. The first kappa shape index (κ1) is 16.8. The minimum atomic E-state index is -3.31. The molecule has 1 rings (SSSR count). The molecule has 0 spiro atoms. The van der Waals surface area contributed by atoms with Crippen molar-refractivity contribution < 1.29 is 18.3 Å². The van der Waals surface area contributed by atoms with E-state index in [1.807, 2.05) is 0 Å². The Morgan fingerprint density at radius 2 is 2.20 bits per heavy atom. The van der Waals surface area contributed by atoms with Crippen LogP contribution in [0, 0.1) is 0 Å². The number of sulfonamides is 1. The first-order valence-electron chi connectivity index (χ1n) is 5.67. The van der Waals surface area contributed by atoms with E-state index in [2.05, 4.69) is 15.0 Å². The van der Waals surface area contributed by atoms with E-state index in [0.29, 0.717) is 11.7 Å². The van der Waals surface area contributed by atoms with Gasteiger partial charge in [0.1, 0.15) is 6.04 Å². The number of anilines is 1. The summed E-state index contributed by atoms with van der Waals surface area (Å²) in [5.41, 5.74) is 5.00. The third-order valence-electron chi connectivity index (χ3n) is 2.25. The molecular formula is C10H18N4O4S2. The highest BCUT2D eigenvalue weighted by molar-refractivity contribution is 7.88. The second-order valence-corrected chi connectivity index (χ2v) is 7.61. The van der Waals surface area contributed by atoms with Gasteiger partial charge in [-0.25, -0.2) is 18.1 Å². The maximum Gasteiger partial charge on any atom is 0.326 e. The Kier molecular flexibility index (Phi) is 5.08. The summed E-state index contributed by atoms with van der Waals surface area (Å²) in [5, 5.41) is 13.8. The van der Waals surface area contributed by atoms with Crippen molar-refractivity contribution in [2.75, 3.05) is 18.1 Å². The SMILES string of the molecule is CC(C)(CNc1nc(C(N)C(=O)O)cs1)NS(C)(=O)=O. The average molecular weight is 322 g/mol. The van der Waals surface area contributed by atoms with E-state index < -0.39 is 27.6 Å². The topological polar surface area (TPSA) is 134 Å². The maximum absolute atomic E-state index is 11.2. The number of nitrogens with one attached hydrogen (secondary N) is 2. The number of carboxylic acids is 1. The van der Waals surface area contributed by atoms with Crippen LogP contribution in [0.5, 0.6) is 0 Å². The molecule has 5 N–H and O–H groups in total. The smallest absolute Gasteiger partial charge is 0.326 e. The van der Waals surface area contributed by atoms with Crippen molar-refractivity contribution in [2.24, 2.45) is 5.73 Å². The molecule has 0 fully saturated rings. The molecule has 0 radical (unpaired) electrons. The molecule has 0 aliphatic carbocycles. The number of aliphatic carboxylic acids is 1. The first-order chi connectivity index (χ1) is 9.00. The molecule has 0 saturated carbocycles. The van der Waals surface area contributed by atoms with Crippen LogP contribution in [0.15, 0.2) is 5.38 Å². The van der Waals surface area contributed by atoms with Crippen molar-refractivity contribution >= 4 is 32.5 Å². The maximum atomic E-state index is 11.2. The van der Waals surface area contributed by atoms with Gasteiger partial charge in [-0.05, 0) is 13.8 Å². The fourth-order valence-corrected chi connectivity index (χ4v) is 3.29. The van der Waals surface area contributed by atoms with Crippen molar-refractivity contribution in [3.63, 3.8) is 0 Å². The van der Waals surface area contributed by atoms with Crippen LogP contribution < -0.4 is 15.8 Å². The summed E-state index contributed by atoms with van der Waals surface area (Å²) in [6, 6.07) is -1.16. The lowest BCUT2D eigenvalue weighted by Crippen LogP contribution is -2.47. The molecule has 8 nitrogen and oxygen atoms in total. The van der Waals surface area contributed by atoms with Crippen LogP contribution in [-0.2, 0) is 14.8 Å². The highest BCUT2D eigenvalue weighted by Crippen LogP contribution is 2.20. The Hall–Kier alpha value is -1.23. The van der Waals surface area contributed by atoms with E-state index in [0.717, 1.165) is 6.26 Å². The number of carbonyl (C=O) groups is 1. The van der Waals surface area contributed by atoms with Gasteiger partial charge in [-0.2, -0.15) is 0 Å². The van der Waals surface area contributed by atoms with Crippen LogP contribution in [-0.4, -0.2) is 42.8 Å². The zero-order valence-corrected chi connectivity index (χ0v) is 13.0. The molecule has 1 unspecified atom stereocenters. The fraction of sp³-hybridized carbons (Fsp3) is 0.600. The largest absolute Gasteiger partial charge is 0.480 e. The van der Waals surface area contributed by atoms with Gasteiger partial charge in [-0.15, -0.1) is 11.3 Å². The lowest BCUT2D eigenvalue weighted by molar-refractivity contribution is -0.138. The van der Waals surface area contributed by atoms with Gasteiger partial charge in [0.15, 0.2) is 5.13 Å². The van der Waals surface area contributed by atoms with Crippen LogP contribution in [0.2, 0.25) is 0 Å². The summed E-state index contributed by atoms with van der Waals surface area (Å²) in [6.07, 6.45) is 1.09. The van der Waals surface area contributed by atoms with Crippen molar-refractivity contribution in [1.29, 1.82) is 0 Å². The zero-order valence-electron chi connectivity index (χ0n) is 11.4. The second kappa shape index (κ2) is 6.04. The summed E-state index contributed by atoms with van der Waals surface area (Å²) in [7, 11) is -3.31. The number of thiazole rings is 1. The van der Waals surface area contributed by atoms with Gasteiger partial charge in [-0.3, -0.25) is 4.79 Å². The summed E-state index contributed by atoms with van der Waals surface area (Å²) in [5.74, 6) is -1.15. The molecule has 0 saturated heterocycles. The van der Waals surface area contributed by atoms with Crippen molar-refractivity contribution in [3.05, 3.63) is 11.1 Å². The molecule has 0 aliphatic rings. The third kappa shape index (κ3) is 5.41. The highest BCUT2D eigenvalue weighted by Gasteiger charge is 2.23. The summed E-state index contributed by atoms with van der Waals surface area (Å²) in [6.45, 7) is 3.74. The van der Waals surface area contributed by atoms with Gasteiger partial charge >= 0.3 is 5.97 Å². The molecule has 1 heterocycles. The van der Waals surface area contributed by atoms with Crippen LogP contribution in [0.25, 0.3) is 0 Å². The Labute approximate surface area is 121 Å². The van der Waals surface area contributed by atoms with E-state index in [4.69, 9.17) is 10.8 Å². The predicted molar refractivity (Wildman–Crippen MR) is 77.2 cm³/mol. The minimum Gasteiger partial charge on any atom is -0.480 e. The first-order valence-corrected chi connectivity index (χ1v) is 8.44. The highest BCUT2D eigenvalue weighted by atomic mass is 32.2. The van der Waals surface area contributed by atoms with Crippen LogP contribution in [0.3, 0.4) is 0 Å². The van der Waals surface area contributed by atoms with Gasteiger partial charge in [0.05, 0.1) is 11.9 Å². The Morgan fingerprint density at radius 3 is 2.70 bits per heavy atom. The van der Waals surface area contributed by atoms with Crippen LogP contribution in [0.4, 0.5) is 5.13 Å². The lowest BCUT2D eigenvalue weighted by Gasteiger charge is -2.25. The zero-order chi connectivity index (χ0) is 15.6. The quantitative estimate of drug-likeness (QED) is 0.553. The Bertz CT molecular complexity index is 582. The van der Waals surface area contributed by atoms with Gasteiger partial charge in [0, 0.05) is 17.5 Å². The Balaban J connectivity index is 2.65. The van der Waals surface area contributed by atoms with E-state index in [1.165, 1.54) is 11.3 Å². The van der Waals surface area contributed by atoms with Crippen LogP contribution >= 0.6 is 11.3 Å². The minimum absolute atomic E-state index is 0.263. The van der Waals surface area contributed by atoms with E-state index in [-0.39, 0.29) is 5.69 Å². The van der Waals surface area contributed by atoms with E-state index in [1.54, 1.807) is 19.2 Å². The van der Waals surface area contributed by atoms with Gasteiger partial charge in [-0.1, -0.05) is 0 Å². The molecule has 0 amide bonds. The third-order valence-corrected chi connectivity index (χ3v) is 3.99. The number of nitrogens with zero attached hydrogens (tertiary/aromatic N) is 1. The molecule has 0 aliphatic heterocycles. The van der Waals surface area contributed by atoms with Crippen molar-refractivity contribution in [2.45, 2.75) is 25.4 Å². The number of rotatable bonds is 7. The fourth-order valence-electron chi connectivity index (χ4n) is 1.47. The normalized spacial score (nSPS) is 14.0. The summed E-state index contributed by atoms with van der Waals surface area (Å²) in [4.78, 5) is 14.8. The van der Waals surface area contributed by atoms with Gasteiger partial charge in [0.2, 0.25) is 10.0 Å². The Morgan fingerprint density at radius 1 is 1.60 bits per heavy atom. The van der Waals surface area contributed by atoms with E-state index >= 15 is 0 Å². The molecular weight excluding hydrogens is 304 g/mol. The number of hydrogen-bond acceptors (Lipinski definition) is 7. The van der Waals surface area contributed by atoms with Gasteiger partial charge < -0.3 is 16.2 Å². The average Bonchev–Trinajstić information content (AvgIpc) is 2.70.